The Bertz CT molecular complexity index is 676. The van der Waals surface area contributed by atoms with E-state index in [1.807, 2.05) is 19.2 Å². The molecule has 0 saturated heterocycles. The molecule has 0 aliphatic rings. The van der Waals surface area contributed by atoms with Crippen LogP contribution >= 0.6 is 11.3 Å². The Morgan fingerprint density at radius 3 is 2.90 bits per heavy atom. The fraction of sp³-hybridized carbons (Fsp3) is 0.462. The molecule has 2 heterocycles. The van der Waals surface area contributed by atoms with Crippen LogP contribution in [0.2, 0.25) is 0 Å². The summed E-state index contributed by atoms with van der Waals surface area (Å²) in [7, 11) is 1.66. The highest BCUT2D eigenvalue weighted by atomic mass is 32.1. The lowest BCUT2D eigenvalue weighted by Crippen LogP contribution is -2.44. The molecule has 6 nitrogen and oxygen atoms in total. The summed E-state index contributed by atoms with van der Waals surface area (Å²) in [5.41, 5.74) is 6.32. The van der Waals surface area contributed by atoms with Crippen molar-refractivity contribution in [3.63, 3.8) is 0 Å². The highest BCUT2D eigenvalue weighted by molar-refractivity contribution is 7.17. The first-order chi connectivity index (χ1) is 9.40. The molecule has 2 aromatic rings. The highest BCUT2D eigenvalue weighted by Crippen LogP contribution is 2.14. The zero-order valence-electron chi connectivity index (χ0n) is 11.7. The monoisotopic (exact) mass is 294 g/mol. The fourth-order valence-electron chi connectivity index (χ4n) is 1.84. The molecule has 0 aliphatic heterocycles. The summed E-state index contributed by atoms with van der Waals surface area (Å²) in [6, 6.07) is 1.25. The van der Waals surface area contributed by atoms with Crippen molar-refractivity contribution in [1.29, 1.82) is 0 Å². The van der Waals surface area contributed by atoms with Crippen LogP contribution < -0.4 is 11.3 Å². The number of carbonyl (C=O) groups excluding carboxylic acids is 1. The van der Waals surface area contributed by atoms with Gasteiger partial charge in [-0.25, -0.2) is 4.98 Å². The largest absolute Gasteiger partial charge is 0.337 e. The normalized spacial score (nSPS) is 12.8. The predicted octanol–water partition coefficient (Wildman–Crippen LogP) is 0.926. The zero-order chi connectivity index (χ0) is 14.9. The van der Waals surface area contributed by atoms with Crippen LogP contribution in [-0.2, 0) is 11.3 Å². The number of amides is 1. The summed E-state index contributed by atoms with van der Waals surface area (Å²) in [6.45, 7) is 4.03. The number of carbonyl (C=O) groups is 1. The Morgan fingerprint density at radius 1 is 1.55 bits per heavy atom. The summed E-state index contributed by atoms with van der Waals surface area (Å²) in [5.74, 6) is 0.372. The zero-order valence-corrected chi connectivity index (χ0v) is 12.5. The topological polar surface area (TPSA) is 92.1 Å². The molecule has 0 aromatic carbocycles. The fourth-order valence-corrected chi connectivity index (χ4v) is 2.56. The minimum atomic E-state index is -0.545. The number of nitrogens with two attached hydrogens (primary N) is 1. The molecule has 3 N–H and O–H groups in total. The molecule has 108 valence electrons. The summed E-state index contributed by atoms with van der Waals surface area (Å²) >= 11 is 1.35. The molecular formula is C13H18N4O2S. The molecule has 20 heavy (non-hydrogen) atoms. The van der Waals surface area contributed by atoms with Crippen molar-refractivity contribution in [2.45, 2.75) is 26.4 Å². The van der Waals surface area contributed by atoms with Crippen LogP contribution in [0.15, 0.2) is 16.2 Å². The van der Waals surface area contributed by atoms with Gasteiger partial charge >= 0.3 is 0 Å². The van der Waals surface area contributed by atoms with Gasteiger partial charge in [0, 0.05) is 7.05 Å². The highest BCUT2D eigenvalue weighted by Gasteiger charge is 2.21. The summed E-state index contributed by atoms with van der Waals surface area (Å²) < 4.78 is 0.599. The number of aromatic amines is 1. The SMILES string of the molecule is CC(C)[C@@H](N)C(=O)N(C)Cc1nc2ccsc2c(=O)[nH]1. The van der Waals surface area contributed by atoms with Gasteiger partial charge in [0.2, 0.25) is 5.91 Å². The first kappa shape index (κ1) is 14.7. The van der Waals surface area contributed by atoms with Gasteiger partial charge in [0.05, 0.1) is 18.1 Å². The van der Waals surface area contributed by atoms with Crippen LogP contribution in [-0.4, -0.2) is 33.9 Å². The van der Waals surface area contributed by atoms with Crippen molar-refractivity contribution in [2.75, 3.05) is 7.05 Å². The number of H-pyrrole nitrogens is 1. The lowest BCUT2D eigenvalue weighted by atomic mass is 10.0. The first-order valence-electron chi connectivity index (χ1n) is 6.37. The van der Waals surface area contributed by atoms with Crippen molar-refractivity contribution >= 4 is 27.5 Å². The van der Waals surface area contributed by atoms with Gasteiger partial charge in [-0.3, -0.25) is 9.59 Å². The molecule has 2 aromatic heterocycles. The lowest BCUT2D eigenvalue weighted by Gasteiger charge is -2.22. The van der Waals surface area contributed by atoms with Crippen LogP contribution in [0, 0.1) is 5.92 Å². The van der Waals surface area contributed by atoms with Crippen LogP contribution in [0.5, 0.6) is 0 Å². The third-order valence-electron chi connectivity index (χ3n) is 3.13. The lowest BCUT2D eigenvalue weighted by molar-refractivity contribution is -0.132. The Balaban J connectivity index is 2.19. The number of rotatable bonds is 4. The van der Waals surface area contributed by atoms with E-state index in [4.69, 9.17) is 5.73 Å². The van der Waals surface area contributed by atoms with Gasteiger partial charge in [-0.2, -0.15) is 0 Å². The second kappa shape index (κ2) is 5.72. The molecule has 0 bridgehead atoms. The molecule has 0 unspecified atom stereocenters. The Morgan fingerprint density at radius 2 is 2.25 bits per heavy atom. The van der Waals surface area contributed by atoms with E-state index < -0.39 is 6.04 Å². The minimum absolute atomic E-state index is 0.0660. The Hall–Kier alpha value is -1.73. The van der Waals surface area contributed by atoms with E-state index in [9.17, 15) is 9.59 Å². The smallest absolute Gasteiger partial charge is 0.268 e. The quantitative estimate of drug-likeness (QED) is 0.877. The summed E-state index contributed by atoms with van der Waals surface area (Å²) in [4.78, 5) is 32.4. The molecular weight excluding hydrogens is 276 g/mol. The third-order valence-corrected chi connectivity index (χ3v) is 4.03. The van der Waals surface area contributed by atoms with Crippen molar-refractivity contribution in [3.05, 3.63) is 27.6 Å². The molecule has 7 heteroatoms. The number of nitrogens with zero attached hydrogens (tertiary/aromatic N) is 2. The number of hydrogen-bond donors (Lipinski definition) is 2. The second-order valence-corrected chi connectivity index (χ2v) is 6.03. The van der Waals surface area contributed by atoms with Crippen LogP contribution in [0.3, 0.4) is 0 Å². The van der Waals surface area contributed by atoms with Crippen LogP contribution in [0.1, 0.15) is 19.7 Å². The van der Waals surface area contributed by atoms with Crippen molar-refractivity contribution < 1.29 is 4.79 Å². The van der Waals surface area contributed by atoms with Gasteiger partial charge in [-0.1, -0.05) is 13.8 Å². The van der Waals surface area contributed by atoms with Crippen molar-refractivity contribution in [1.82, 2.24) is 14.9 Å². The van der Waals surface area contributed by atoms with Gasteiger partial charge in [0.1, 0.15) is 10.5 Å². The van der Waals surface area contributed by atoms with Gasteiger partial charge in [-0.05, 0) is 17.4 Å². The number of aromatic nitrogens is 2. The van der Waals surface area contributed by atoms with Gasteiger partial charge < -0.3 is 15.6 Å². The van der Waals surface area contributed by atoms with Crippen molar-refractivity contribution in [3.8, 4) is 0 Å². The van der Waals surface area contributed by atoms with E-state index in [1.54, 1.807) is 13.1 Å². The van der Waals surface area contributed by atoms with E-state index in [0.717, 1.165) is 0 Å². The van der Waals surface area contributed by atoms with Crippen molar-refractivity contribution in [2.24, 2.45) is 11.7 Å². The van der Waals surface area contributed by atoms with Gasteiger partial charge in [0.15, 0.2) is 0 Å². The predicted molar refractivity (Wildman–Crippen MR) is 79.5 cm³/mol. The molecule has 0 spiro atoms. The Labute approximate surface area is 120 Å². The molecule has 2 rings (SSSR count). The van der Waals surface area contributed by atoms with Crippen LogP contribution in [0.25, 0.3) is 10.2 Å². The van der Waals surface area contributed by atoms with E-state index in [0.29, 0.717) is 16.0 Å². The Kier molecular flexibility index (Phi) is 4.20. The molecule has 0 fully saturated rings. The average molecular weight is 294 g/mol. The second-order valence-electron chi connectivity index (χ2n) is 5.11. The van der Waals surface area contributed by atoms with E-state index in [-0.39, 0.29) is 23.9 Å². The minimum Gasteiger partial charge on any atom is -0.337 e. The standard InChI is InChI=1S/C13H18N4O2S/c1-7(2)10(14)13(19)17(3)6-9-15-8-4-5-20-11(8)12(18)16-9/h4-5,7,10H,6,14H2,1-3H3,(H,15,16,18)/t10-/m1/s1. The number of hydrogen-bond acceptors (Lipinski definition) is 5. The number of likely N-dealkylation sites (N-methyl/N-ethyl adjacent to an activating group) is 1. The molecule has 1 amide bonds. The van der Waals surface area contributed by atoms with Crippen LogP contribution in [0.4, 0.5) is 0 Å². The maximum atomic E-state index is 12.1. The maximum absolute atomic E-state index is 12.1. The van der Waals surface area contributed by atoms with E-state index >= 15 is 0 Å². The van der Waals surface area contributed by atoms with Gasteiger partial charge in [0.25, 0.3) is 5.56 Å². The average Bonchev–Trinajstić information content (AvgIpc) is 2.85. The van der Waals surface area contributed by atoms with E-state index in [1.165, 1.54) is 16.2 Å². The first-order valence-corrected chi connectivity index (χ1v) is 7.25. The molecule has 1 atom stereocenters. The summed E-state index contributed by atoms with van der Waals surface area (Å²) in [5, 5.41) is 1.82. The number of nitrogens with one attached hydrogen (secondary N) is 1. The summed E-state index contributed by atoms with van der Waals surface area (Å²) in [6.07, 6.45) is 0. The number of thiophene rings is 1. The molecule has 0 aliphatic carbocycles. The number of fused-ring (bicyclic) bond motifs is 1. The third kappa shape index (κ3) is 2.88. The van der Waals surface area contributed by atoms with E-state index in [2.05, 4.69) is 9.97 Å². The molecule has 0 saturated carbocycles. The van der Waals surface area contributed by atoms with Gasteiger partial charge in [-0.15, -0.1) is 11.3 Å². The molecule has 0 radical (unpaired) electrons. The maximum Gasteiger partial charge on any atom is 0.268 e.